The standard InChI is InChI=1S/C19H26N/c1-14-9-7-8-10-17(14)18-11-16(12-19(3,4)5)15(2)13-20(18)6/h7-11,13H,12H2,1-6H3/q+1/i2D3,7D,12D2. The summed E-state index contributed by atoms with van der Waals surface area (Å²) in [6.45, 7) is 4.78. The summed E-state index contributed by atoms with van der Waals surface area (Å²) in [6, 6.07) is 7.29. The molecular formula is C19H26N+. The third-order valence-corrected chi connectivity index (χ3v) is 3.13. The monoisotopic (exact) mass is 274 g/mol. The van der Waals surface area contributed by atoms with Crippen molar-refractivity contribution in [2.75, 3.05) is 0 Å². The minimum atomic E-state index is -2.41. The van der Waals surface area contributed by atoms with E-state index in [-0.39, 0.29) is 11.1 Å². The summed E-state index contributed by atoms with van der Waals surface area (Å²) in [6.07, 6.45) is -0.321. The van der Waals surface area contributed by atoms with Crippen LogP contribution in [0.3, 0.4) is 0 Å². The van der Waals surface area contributed by atoms with Gasteiger partial charge in [-0.25, -0.2) is 4.57 Å². The molecule has 20 heavy (non-hydrogen) atoms. The zero-order valence-electron chi connectivity index (χ0n) is 18.8. The van der Waals surface area contributed by atoms with E-state index in [0.717, 1.165) is 16.8 Å². The van der Waals surface area contributed by atoms with Gasteiger partial charge in [0.15, 0.2) is 6.20 Å². The fourth-order valence-corrected chi connectivity index (χ4v) is 2.23. The first kappa shape index (κ1) is 8.61. The number of aryl methyl sites for hydroxylation is 3. The van der Waals surface area contributed by atoms with Crippen LogP contribution in [0.1, 0.15) is 45.7 Å². The summed E-state index contributed by atoms with van der Waals surface area (Å²) >= 11 is 0. The molecule has 2 aromatic rings. The Kier molecular flexibility index (Phi) is 2.32. The van der Waals surface area contributed by atoms with Crippen LogP contribution in [0.25, 0.3) is 11.3 Å². The van der Waals surface area contributed by atoms with Gasteiger partial charge in [0, 0.05) is 24.0 Å². The quantitative estimate of drug-likeness (QED) is 0.715. The van der Waals surface area contributed by atoms with Gasteiger partial charge in [-0.1, -0.05) is 38.9 Å². The molecule has 0 radical (unpaired) electrons. The van der Waals surface area contributed by atoms with Gasteiger partial charge in [0.05, 0.1) is 1.37 Å². The Hall–Kier alpha value is -1.63. The van der Waals surface area contributed by atoms with Crippen molar-refractivity contribution in [3.63, 3.8) is 0 Å². The van der Waals surface area contributed by atoms with Crippen LogP contribution in [-0.4, -0.2) is 0 Å². The zero-order chi connectivity index (χ0) is 20.1. The predicted octanol–water partition coefficient (Wildman–Crippen LogP) is 4.38. The van der Waals surface area contributed by atoms with Crippen molar-refractivity contribution in [3.8, 4) is 11.3 Å². The second-order valence-electron chi connectivity index (χ2n) is 6.21. The number of hydrogen-bond acceptors (Lipinski definition) is 0. The lowest BCUT2D eigenvalue weighted by Gasteiger charge is -2.19. The molecule has 0 saturated heterocycles. The van der Waals surface area contributed by atoms with Crippen LogP contribution in [0.2, 0.25) is 0 Å². The highest BCUT2D eigenvalue weighted by molar-refractivity contribution is 5.61. The molecule has 1 aromatic heterocycles. The highest BCUT2D eigenvalue weighted by Crippen LogP contribution is 2.26. The Morgan fingerprint density at radius 2 is 2.05 bits per heavy atom. The molecule has 0 spiro atoms. The SMILES string of the molecule is [2H]c1ccc(-c2cc(C([2H])([2H])C(C)(C)C)c(C([2H])([2H])[2H])c[n+]2C)c(C)c1. The topological polar surface area (TPSA) is 3.88 Å². The number of nitrogens with zero attached hydrogens (tertiary/aromatic N) is 1. The molecule has 0 aliphatic rings. The maximum absolute atomic E-state index is 8.63. The van der Waals surface area contributed by atoms with Crippen molar-refractivity contribution in [1.29, 1.82) is 0 Å². The molecule has 1 heteroatoms. The van der Waals surface area contributed by atoms with Gasteiger partial charge in [-0.05, 0) is 42.8 Å². The van der Waals surface area contributed by atoms with Crippen molar-refractivity contribution >= 4 is 0 Å². The van der Waals surface area contributed by atoms with Crippen LogP contribution in [0.4, 0.5) is 0 Å². The Morgan fingerprint density at radius 3 is 2.65 bits per heavy atom. The normalized spacial score (nSPS) is 17.4. The van der Waals surface area contributed by atoms with Gasteiger partial charge in [0.25, 0.3) is 0 Å². The molecule has 0 aliphatic heterocycles. The lowest BCUT2D eigenvalue weighted by Crippen LogP contribution is -2.32. The van der Waals surface area contributed by atoms with Gasteiger partial charge < -0.3 is 0 Å². The lowest BCUT2D eigenvalue weighted by atomic mass is 9.86. The van der Waals surface area contributed by atoms with E-state index < -0.39 is 18.6 Å². The fraction of sp³-hybridized carbons (Fsp3) is 0.421. The molecule has 1 nitrogen and oxygen atoms in total. The molecular weight excluding hydrogens is 242 g/mol. The largest absolute Gasteiger partial charge is 0.212 e. The average Bonchev–Trinajstić information content (AvgIpc) is 2.45. The highest BCUT2D eigenvalue weighted by Gasteiger charge is 2.19. The summed E-state index contributed by atoms with van der Waals surface area (Å²) in [5.41, 5.74) is 1.90. The third-order valence-electron chi connectivity index (χ3n) is 3.13. The van der Waals surface area contributed by atoms with Crippen molar-refractivity contribution in [2.45, 2.75) is 40.9 Å². The van der Waals surface area contributed by atoms with E-state index in [1.54, 1.807) is 50.6 Å². The molecule has 0 saturated carbocycles. The van der Waals surface area contributed by atoms with Crippen molar-refractivity contribution in [1.82, 2.24) is 0 Å². The molecule has 0 atom stereocenters. The van der Waals surface area contributed by atoms with Gasteiger partial charge in [-0.2, -0.15) is 0 Å². The summed E-state index contributed by atoms with van der Waals surface area (Å²) in [4.78, 5) is 0. The van der Waals surface area contributed by atoms with E-state index in [1.165, 1.54) is 6.20 Å². The molecule has 1 heterocycles. The first-order valence-corrected chi connectivity index (χ1v) is 6.78. The molecule has 0 amide bonds. The van der Waals surface area contributed by atoms with Crippen molar-refractivity contribution in [3.05, 3.63) is 53.2 Å². The molecule has 106 valence electrons. The molecule has 0 aliphatic carbocycles. The van der Waals surface area contributed by atoms with Crippen LogP contribution in [0.15, 0.2) is 36.5 Å². The summed E-state index contributed by atoms with van der Waals surface area (Å²) in [5.74, 6) is 0. The Morgan fingerprint density at radius 1 is 1.30 bits per heavy atom. The predicted molar refractivity (Wildman–Crippen MR) is 85.7 cm³/mol. The first-order valence-electron chi connectivity index (χ1n) is 9.78. The van der Waals surface area contributed by atoms with Gasteiger partial charge >= 0.3 is 0 Å². The minimum absolute atomic E-state index is 0.0263. The van der Waals surface area contributed by atoms with Crippen molar-refractivity contribution < 1.29 is 12.8 Å². The van der Waals surface area contributed by atoms with Gasteiger partial charge in [-0.3, -0.25) is 0 Å². The third kappa shape index (κ3) is 3.27. The minimum Gasteiger partial charge on any atom is -0.201 e. The smallest absolute Gasteiger partial charge is 0.201 e. The van der Waals surface area contributed by atoms with Gasteiger partial charge in [-0.15, -0.1) is 0 Å². The Bertz CT molecular complexity index is 831. The lowest BCUT2D eigenvalue weighted by molar-refractivity contribution is -0.660. The second-order valence-corrected chi connectivity index (χ2v) is 6.21. The summed E-state index contributed by atoms with van der Waals surface area (Å²) < 4.78 is 50.3. The Balaban J connectivity index is 2.85. The number of hydrogen-bond donors (Lipinski definition) is 0. The number of benzene rings is 1. The first-order chi connectivity index (χ1) is 11.7. The fourth-order valence-electron chi connectivity index (χ4n) is 2.23. The van der Waals surface area contributed by atoms with E-state index in [0.29, 0.717) is 6.04 Å². The van der Waals surface area contributed by atoms with Crippen LogP contribution in [-0.2, 0) is 13.4 Å². The van der Waals surface area contributed by atoms with Crippen LogP contribution < -0.4 is 4.57 Å². The van der Waals surface area contributed by atoms with Crippen LogP contribution in [0, 0.1) is 19.2 Å². The van der Waals surface area contributed by atoms with E-state index in [9.17, 15) is 0 Å². The van der Waals surface area contributed by atoms with Gasteiger partial charge in [0.1, 0.15) is 7.05 Å². The van der Waals surface area contributed by atoms with E-state index in [2.05, 4.69) is 0 Å². The molecule has 0 N–H and O–H groups in total. The second kappa shape index (κ2) is 5.40. The number of pyridine rings is 1. The van der Waals surface area contributed by atoms with E-state index in [4.69, 9.17) is 8.22 Å². The molecule has 0 bridgehead atoms. The zero-order valence-corrected chi connectivity index (χ0v) is 12.8. The molecule has 1 aromatic carbocycles. The van der Waals surface area contributed by atoms with Crippen LogP contribution in [0.5, 0.6) is 0 Å². The highest BCUT2D eigenvalue weighted by atomic mass is 14.9. The van der Waals surface area contributed by atoms with Crippen LogP contribution >= 0.6 is 0 Å². The van der Waals surface area contributed by atoms with E-state index in [1.807, 2.05) is 13.0 Å². The van der Waals surface area contributed by atoms with Gasteiger partial charge in [0.2, 0.25) is 5.69 Å². The summed E-state index contributed by atoms with van der Waals surface area (Å²) in [5, 5.41) is 0. The number of aromatic nitrogens is 1. The molecule has 0 unspecified atom stereocenters. The number of rotatable bonds is 2. The average molecular weight is 274 g/mol. The molecule has 0 fully saturated rings. The maximum atomic E-state index is 8.63. The van der Waals surface area contributed by atoms with E-state index >= 15 is 0 Å². The molecule has 2 rings (SSSR count). The maximum Gasteiger partial charge on any atom is 0.212 e. The summed E-state index contributed by atoms with van der Waals surface area (Å²) in [7, 11) is 1.76. The van der Waals surface area contributed by atoms with Crippen molar-refractivity contribution in [2.24, 2.45) is 12.5 Å². The Labute approximate surface area is 131 Å².